The van der Waals surface area contributed by atoms with Gasteiger partial charge in [-0.1, -0.05) is 54.7 Å². The number of thiazole rings is 1. The summed E-state index contributed by atoms with van der Waals surface area (Å²) in [6.45, 7) is 2.85. The first-order chi connectivity index (χ1) is 13.6. The van der Waals surface area contributed by atoms with Crippen molar-refractivity contribution in [2.45, 2.75) is 19.8 Å². The molecule has 142 valence electrons. The maximum Gasteiger partial charge on any atom is 0.134 e. The molecule has 0 aliphatic heterocycles. The summed E-state index contributed by atoms with van der Waals surface area (Å²) in [4.78, 5) is 4.59. The van der Waals surface area contributed by atoms with Gasteiger partial charge in [-0.25, -0.2) is 4.98 Å². The molecule has 2 aromatic carbocycles. The van der Waals surface area contributed by atoms with Crippen LogP contribution in [0.2, 0.25) is 10.0 Å². The zero-order valence-corrected chi connectivity index (χ0v) is 17.6. The first-order valence-electron chi connectivity index (χ1n) is 8.86. The Morgan fingerprint density at radius 3 is 2.64 bits per heavy atom. The van der Waals surface area contributed by atoms with Crippen LogP contribution >= 0.6 is 34.5 Å². The number of ether oxygens (including phenoxy) is 1. The molecule has 0 aliphatic rings. The van der Waals surface area contributed by atoms with E-state index in [1.807, 2.05) is 41.8 Å². The second-order valence-corrected chi connectivity index (χ2v) is 7.78. The van der Waals surface area contributed by atoms with E-state index in [0.29, 0.717) is 27.2 Å². The van der Waals surface area contributed by atoms with E-state index in [0.717, 1.165) is 35.4 Å². The SMILES string of the molecule is CCCCOc1ccc(C=C(C#N)c2nc(-c3ccc(Cl)c(Cl)c3)cs2)cc1. The molecule has 0 amide bonds. The number of benzene rings is 2. The van der Waals surface area contributed by atoms with E-state index in [4.69, 9.17) is 27.9 Å². The van der Waals surface area contributed by atoms with E-state index in [-0.39, 0.29) is 0 Å². The molecule has 0 aliphatic carbocycles. The number of allylic oxidation sites excluding steroid dienone is 1. The fourth-order valence-electron chi connectivity index (χ4n) is 2.49. The molecule has 0 fully saturated rings. The lowest BCUT2D eigenvalue weighted by atomic mass is 10.1. The number of nitrogens with zero attached hydrogens (tertiary/aromatic N) is 2. The number of rotatable bonds is 7. The molecule has 0 bridgehead atoms. The molecule has 1 heterocycles. The first-order valence-corrected chi connectivity index (χ1v) is 10.5. The number of hydrogen-bond donors (Lipinski definition) is 0. The van der Waals surface area contributed by atoms with E-state index in [1.165, 1.54) is 11.3 Å². The van der Waals surface area contributed by atoms with Gasteiger partial charge in [-0.2, -0.15) is 5.26 Å². The summed E-state index contributed by atoms with van der Waals surface area (Å²) >= 11 is 13.5. The van der Waals surface area contributed by atoms with Crippen molar-refractivity contribution in [3.63, 3.8) is 0 Å². The van der Waals surface area contributed by atoms with Gasteiger partial charge in [-0.15, -0.1) is 11.3 Å². The Kier molecular flexibility index (Phi) is 7.11. The normalized spacial score (nSPS) is 11.3. The Bertz CT molecular complexity index is 1020. The smallest absolute Gasteiger partial charge is 0.134 e. The Hall–Kier alpha value is -2.32. The second kappa shape index (κ2) is 9.75. The summed E-state index contributed by atoms with van der Waals surface area (Å²) in [7, 11) is 0. The van der Waals surface area contributed by atoms with E-state index in [1.54, 1.807) is 12.1 Å². The van der Waals surface area contributed by atoms with Crippen molar-refractivity contribution in [2.24, 2.45) is 0 Å². The predicted molar refractivity (Wildman–Crippen MR) is 118 cm³/mol. The summed E-state index contributed by atoms with van der Waals surface area (Å²) in [6.07, 6.45) is 3.96. The zero-order chi connectivity index (χ0) is 19.9. The highest BCUT2D eigenvalue weighted by Gasteiger charge is 2.10. The highest BCUT2D eigenvalue weighted by molar-refractivity contribution is 7.11. The fourth-order valence-corrected chi connectivity index (χ4v) is 3.58. The predicted octanol–water partition coefficient (Wildman–Crippen LogP) is 7.36. The van der Waals surface area contributed by atoms with E-state index >= 15 is 0 Å². The van der Waals surface area contributed by atoms with Crippen LogP contribution in [-0.4, -0.2) is 11.6 Å². The molecule has 0 N–H and O–H groups in total. The van der Waals surface area contributed by atoms with Crippen molar-refractivity contribution in [2.75, 3.05) is 6.61 Å². The van der Waals surface area contributed by atoms with Crippen molar-refractivity contribution in [1.82, 2.24) is 4.98 Å². The quantitative estimate of drug-likeness (QED) is 0.291. The van der Waals surface area contributed by atoms with Gasteiger partial charge in [0, 0.05) is 10.9 Å². The van der Waals surface area contributed by atoms with Crippen molar-refractivity contribution in [3.8, 4) is 23.1 Å². The summed E-state index contributed by atoms with van der Waals surface area (Å²) in [6, 6.07) is 15.3. The maximum absolute atomic E-state index is 9.58. The Labute approximate surface area is 178 Å². The van der Waals surface area contributed by atoms with Crippen LogP contribution in [0.5, 0.6) is 5.75 Å². The standard InChI is InChI=1S/C22H18Cl2N2OS/c1-2-3-10-27-18-7-4-15(5-8-18)11-17(13-25)22-26-21(14-28-22)16-6-9-19(23)20(24)12-16/h4-9,11-12,14H,2-3,10H2,1H3. The van der Waals surface area contributed by atoms with Crippen LogP contribution in [0.3, 0.4) is 0 Å². The highest BCUT2D eigenvalue weighted by atomic mass is 35.5. The lowest BCUT2D eigenvalue weighted by Gasteiger charge is -2.05. The molecule has 0 atom stereocenters. The minimum Gasteiger partial charge on any atom is -0.494 e. The third kappa shape index (κ3) is 5.14. The first kappa shape index (κ1) is 20.4. The van der Waals surface area contributed by atoms with Gasteiger partial charge in [-0.05, 0) is 42.3 Å². The van der Waals surface area contributed by atoms with Crippen LogP contribution in [0.4, 0.5) is 0 Å². The number of aromatic nitrogens is 1. The summed E-state index contributed by atoms with van der Waals surface area (Å²) in [5, 5.41) is 13.1. The van der Waals surface area contributed by atoms with Gasteiger partial charge in [0.05, 0.1) is 27.9 Å². The van der Waals surface area contributed by atoms with E-state index < -0.39 is 0 Å². The van der Waals surface area contributed by atoms with Gasteiger partial charge in [0.25, 0.3) is 0 Å². The van der Waals surface area contributed by atoms with Crippen molar-refractivity contribution < 1.29 is 4.74 Å². The Balaban J connectivity index is 1.79. The van der Waals surface area contributed by atoms with Gasteiger partial charge >= 0.3 is 0 Å². The lowest BCUT2D eigenvalue weighted by Crippen LogP contribution is -1.95. The molecule has 6 heteroatoms. The van der Waals surface area contributed by atoms with Gasteiger partial charge in [0.15, 0.2) is 0 Å². The fraction of sp³-hybridized carbons (Fsp3) is 0.182. The van der Waals surface area contributed by atoms with E-state index in [2.05, 4.69) is 18.0 Å². The van der Waals surface area contributed by atoms with Crippen LogP contribution in [0.25, 0.3) is 22.9 Å². The van der Waals surface area contributed by atoms with Crippen molar-refractivity contribution in [1.29, 1.82) is 5.26 Å². The highest BCUT2D eigenvalue weighted by Crippen LogP contribution is 2.31. The maximum atomic E-state index is 9.58. The largest absolute Gasteiger partial charge is 0.494 e. The molecular formula is C22H18Cl2N2OS. The van der Waals surface area contributed by atoms with Crippen LogP contribution in [-0.2, 0) is 0 Å². The van der Waals surface area contributed by atoms with Crippen LogP contribution in [0.15, 0.2) is 47.8 Å². The molecule has 0 spiro atoms. The average Bonchev–Trinajstić information content (AvgIpc) is 3.19. The molecule has 3 aromatic rings. The van der Waals surface area contributed by atoms with E-state index in [9.17, 15) is 5.26 Å². The molecule has 0 saturated carbocycles. The molecule has 0 unspecified atom stereocenters. The number of nitriles is 1. The second-order valence-electron chi connectivity index (χ2n) is 6.11. The molecule has 0 radical (unpaired) electrons. The molecule has 3 rings (SSSR count). The Morgan fingerprint density at radius 2 is 1.96 bits per heavy atom. The third-order valence-electron chi connectivity index (χ3n) is 4.03. The van der Waals surface area contributed by atoms with Crippen LogP contribution in [0.1, 0.15) is 30.3 Å². The third-order valence-corrected chi connectivity index (χ3v) is 5.64. The number of unbranched alkanes of at least 4 members (excludes halogenated alkanes) is 1. The zero-order valence-electron chi connectivity index (χ0n) is 15.3. The topological polar surface area (TPSA) is 45.9 Å². The van der Waals surface area contributed by atoms with Gasteiger partial charge in [0.2, 0.25) is 0 Å². The summed E-state index contributed by atoms with van der Waals surface area (Å²) in [5.41, 5.74) is 3.06. The summed E-state index contributed by atoms with van der Waals surface area (Å²) < 4.78 is 5.67. The van der Waals surface area contributed by atoms with Gasteiger partial charge in [-0.3, -0.25) is 0 Å². The van der Waals surface area contributed by atoms with Gasteiger partial charge in [0.1, 0.15) is 16.8 Å². The monoisotopic (exact) mass is 428 g/mol. The minimum atomic E-state index is 0.478. The molecule has 3 nitrogen and oxygen atoms in total. The average molecular weight is 429 g/mol. The van der Waals surface area contributed by atoms with Crippen molar-refractivity contribution in [3.05, 3.63) is 68.5 Å². The molecular weight excluding hydrogens is 411 g/mol. The number of halogens is 2. The van der Waals surface area contributed by atoms with Gasteiger partial charge < -0.3 is 4.74 Å². The van der Waals surface area contributed by atoms with Crippen LogP contribution < -0.4 is 4.74 Å². The van der Waals surface area contributed by atoms with Crippen LogP contribution in [0, 0.1) is 11.3 Å². The van der Waals surface area contributed by atoms with Crippen molar-refractivity contribution >= 4 is 46.2 Å². The lowest BCUT2D eigenvalue weighted by molar-refractivity contribution is 0.309. The Morgan fingerprint density at radius 1 is 1.18 bits per heavy atom. The molecule has 0 saturated heterocycles. The summed E-state index contributed by atoms with van der Waals surface area (Å²) in [5.74, 6) is 0.834. The molecule has 28 heavy (non-hydrogen) atoms. The number of hydrogen-bond acceptors (Lipinski definition) is 4. The minimum absolute atomic E-state index is 0.478. The molecule has 1 aromatic heterocycles.